The quantitative estimate of drug-likeness (QED) is 0.649. The van der Waals surface area contributed by atoms with Gasteiger partial charge in [-0.2, -0.15) is 10.2 Å². The molecule has 0 bridgehead atoms. The van der Waals surface area contributed by atoms with Crippen LogP contribution in [0.3, 0.4) is 0 Å². The molecular formula is C20H31BrN4O2. The Kier molecular flexibility index (Phi) is 7.11. The first-order valence-corrected chi connectivity index (χ1v) is 10.7. The average Bonchev–Trinajstić information content (AvgIpc) is 3.16. The third-order valence-corrected chi connectivity index (χ3v) is 6.29. The number of halogens is 1. The van der Waals surface area contributed by atoms with Gasteiger partial charge in [0.25, 0.3) is 0 Å². The van der Waals surface area contributed by atoms with E-state index in [-0.39, 0.29) is 12.5 Å². The van der Waals surface area contributed by atoms with Crippen LogP contribution < -0.4 is 0 Å². The van der Waals surface area contributed by atoms with Crippen molar-refractivity contribution in [1.29, 1.82) is 0 Å². The second kappa shape index (κ2) is 9.34. The molecule has 2 unspecified atom stereocenters. The predicted molar refractivity (Wildman–Crippen MR) is 109 cm³/mol. The fourth-order valence-electron chi connectivity index (χ4n) is 3.69. The molecule has 0 aliphatic carbocycles. The van der Waals surface area contributed by atoms with Gasteiger partial charge in [0.15, 0.2) is 0 Å². The highest BCUT2D eigenvalue weighted by Crippen LogP contribution is 2.28. The largest absolute Gasteiger partial charge is 0.357 e. The molecule has 2 aliphatic heterocycles. The average molecular weight is 439 g/mol. The molecule has 0 saturated carbocycles. The zero-order valence-electron chi connectivity index (χ0n) is 16.9. The first-order valence-electron chi connectivity index (χ1n) is 9.94. The lowest BCUT2D eigenvalue weighted by Crippen LogP contribution is -2.20. The van der Waals surface area contributed by atoms with Gasteiger partial charge >= 0.3 is 0 Å². The van der Waals surface area contributed by atoms with Crippen LogP contribution in [0.1, 0.15) is 73.8 Å². The molecule has 2 aromatic rings. The summed E-state index contributed by atoms with van der Waals surface area (Å²) in [6, 6.07) is 2.10. The maximum absolute atomic E-state index is 5.69. The molecule has 0 spiro atoms. The summed E-state index contributed by atoms with van der Waals surface area (Å²) in [5.41, 5.74) is 4.47. The van der Waals surface area contributed by atoms with Crippen LogP contribution in [0.5, 0.6) is 0 Å². The Morgan fingerprint density at radius 2 is 1.48 bits per heavy atom. The van der Waals surface area contributed by atoms with Crippen LogP contribution in [0.4, 0.5) is 0 Å². The smallest absolute Gasteiger partial charge is 0.150 e. The number of hydrogen-bond donors (Lipinski definition) is 0. The molecule has 0 N–H and O–H groups in total. The van der Waals surface area contributed by atoms with Crippen LogP contribution >= 0.6 is 15.9 Å². The summed E-state index contributed by atoms with van der Waals surface area (Å²) in [6.07, 6.45) is 7.36. The zero-order valence-corrected chi connectivity index (χ0v) is 18.5. The van der Waals surface area contributed by atoms with Gasteiger partial charge in [-0.25, -0.2) is 9.36 Å². The molecule has 0 radical (unpaired) electrons. The lowest BCUT2D eigenvalue weighted by Gasteiger charge is -2.23. The summed E-state index contributed by atoms with van der Waals surface area (Å²) in [5, 5.41) is 8.90. The van der Waals surface area contributed by atoms with Gasteiger partial charge in [0, 0.05) is 18.9 Å². The Bertz CT molecular complexity index is 743. The van der Waals surface area contributed by atoms with E-state index in [0.717, 1.165) is 47.6 Å². The van der Waals surface area contributed by atoms with Crippen molar-refractivity contribution in [3.05, 3.63) is 33.3 Å². The van der Waals surface area contributed by atoms with Crippen molar-refractivity contribution < 1.29 is 9.47 Å². The number of nitrogens with zero attached hydrogens (tertiary/aromatic N) is 4. The Morgan fingerprint density at radius 3 is 1.89 bits per heavy atom. The fourth-order valence-corrected chi connectivity index (χ4v) is 3.96. The first kappa shape index (κ1) is 20.6. The topological polar surface area (TPSA) is 54.1 Å². The Labute approximate surface area is 170 Å². The maximum Gasteiger partial charge on any atom is 0.150 e. The molecule has 2 aliphatic rings. The van der Waals surface area contributed by atoms with Crippen LogP contribution in [0.25, 0.3) is 0 Å². The standard InChI is InChI=1S/C10H15BrN2O.C10H16N2O/c1-7-10(11)8(2)13(12-7)9-5-3-4-6-14-9;1-8-7-9(2)12(11-8)10-5-3-4-6-13-10/h9H,3-6H2,1-2H3;7,10H,3-6H2,1-2H3. The molecule has 6 nitrogen and oxygen atoms in total. The molecule has 0 aromatic carbocycles. The van der Waals surface area contributed by atoms with E-state index in [1.54, 1.807) is 0 Å². The third-order valence-electron chi connectivity index (χ3n) is 5.14. The monoisotopic (exact) mass is 438 g/mol. The van der Waals surface area contributed by atoms with Crippen LogP contribution in [0, 0.1) is 27.7 Å². The van der Waals surface area contributed by atoms with Gasteiger partial charge in [-0.3, -0.25) is 0 Å². The normalized spacial score (nSPS) is 23.0. The molecule has 2 aromatic heterocycles. The molecule has 4 rings (SSSR count). The molecule has 7 heteroatoms. The fraction of sp³-hybridized carbons (Fsp3) is 0.700. The maximum atomic E-state index is 5.69. The lowest BCUT2D eigenvalue weighted by atomic mass is 10.2. The summed E-state index contributed by atoms with van der Waals surface area (Å²) < 4.78 is 16.5. The minimum Gasteiger partial charge on any atom is -0.357 e. The first-order chi connectivity index (χ1) is 13.0. The minimum atomic E-state index is 0.147. The van der Waals surface area contributed by atoms with Crippen molar-refractivity contribution in [2.75, 3.05) is 13.2 Å². The van der Waals surface area contributed by atoms with Crippen LogP contribution in [0.2, 0.25) is 0 Å². The number of ether oxygens (including phenoxy) is 2. The molecule has 27 heavy (non-hydrogen) atoms. The van der Waals surface area contributed by atoms with Gasteiger partial charge in [0.2, 0.25) is 0 Å². The molecule has 2 fully saturated rings. The number of aryl methyl sites for hydroxylation is 3. The SMILES string of the molecule is Cc1cc(C)n(C2CCCCO2)n1.Cc1nn(C2CCCCO2)c(C)c1Br. The predicted octanol–water partition coefficient (Wildman–Crippen LogP) is 5.16. The highest BCUT2D eigenvalue weighted by molar-refractivity contribution is 9.10. The van der Waals surface area contributed by atoms with E-state index in [1.807, 2.05) is 23.2 Å². The van der Waals surface area contributed by atoms with Crippen molar-refractivity contribution in [3.63, 3.8) is 0 Å². The second-order valence-corrected chi connectivity index (χ2v) is 8.24. The van der Waals surface area contributed by atoms with Gasteiger partial charge in [-0.05, 0) is 88.2 Å². The van der Waals surface area contributed by atoms with Gasteiger partial charge in [0.05, 0.1) is 21.6 Å². The van der Waals surface area contributed by atoms with E-state index in [9.17, 15) is 0 Å². The summed E-state index contributed by atoms with van der Waals surface area (Å²) in [4.78, 5) is 0. The van der Waals surface area contributed by atoms with Gasteiger partial charge in [-0.1, -0.05) is 0 Å². The zero-order chi connectivity index (χ0) is 19.4. The van der Waals surface area contributed by atoms with E-state index >= 15 is 0 Å². The highest BCUT2D eigenvalue weighted by atomic mass is 79.9. The van der Waals surface area contributed by atoms with Crippen molar-refractivity contribution in [3.8, 4) is 0 Å². The van der Waals surface area contributed by atoms with Crippen molar-refractivity contribution in [2.45, 2.75) is 78.7 Å². The Morgan fingerprint density at radius 1 is 0.889 bits per heavy atom. The van der Waals surface area contributed by atoms with Gasteiger partial charge < -0.3 is 9.47 Å². The summed E-state index contributed by atoms with van der Waals surface area (Å²) in [6.45, 7) is 9.92. The number of aromatic nitrogens is 4. The highest BCUT2D eigenvalue weighted by Gasteiger charge is 2.20. The van der Waals surface area contributed by atoms with E-state index in [0.29, 0.717) is 0 Å². The minimum absolute atomic E-state index is 0.147. The van der Waals surface area contributed by atoms with Gasteiger partial charge in [-0.15, -0.1) is 0 Å². The van der Waals surface area contributed by atoms with Crippen molar-refractivity contribution >= 4 is 15.9 Å². The summed E-state index contributed by atoms with van der Waals surface area (Å²) in [7, 11) is 0. The van der Waals surface area contributed by atoms with E-state index < -0.39 is 0 Å². The van der Waals surface area contributed by atoms with E-state index in [2.05, 4.69) is 46.0 Å². The third kappa shape index (κ3) is 5.00. The molecule has 0 amide bonds. The van der Waals surface area contributed by atoms with E-state index in [4.69, 9.17) is 9.47 Å². The second-order valence-electron chi connectivity index (χ2n) is 7.44. The van der Waals surface area contributed by atoms with Crippen LogP contribution in [0.15, 0.2) is 10.5 Å². The number of rotatable bonds is 2. The van der Waals surface area contributed by atoms with E-state index in [1.165, 1.54) is 31.4 Å². The molecular weight excluding hydrogens is 408 g/mol. The Balaban J connectivity index is 0.000000156. The molecule has 2 saturated heterocycles. The Hall–Kier alpha value is -1.18. The molecule has 4 heterocycles. The molecule has 2 atom stereocenters. The summed E-state index contributed by atoms with van der Waals surface area (Å²) >= 11 is 3.53. The lowest BCUT2D eigenvalue weighted by molar-refractivity contribution is -0.0409. The van der Waals surface area contributed by atoms with Crippen molar-refractivity contribution in [2.24, 2.45) is 0 Å². The molecule has 150 valence electrons. The van der Waals surface area contributed by atoms with Gasteiger partial charge in [0.1, 0.15) is 12.5 Å². The number of hydrogen-bond acceptors (Lipinski definition) is 4. The summed E-state index contributed by atoms with van der Waals surface area (Å²) in [5.74, 6) is 0. The van der Waals surface area contributed by atoms with Crippen molar-refractivity contribution in [1.82, 2.24) is 19.6 Å². The van der Waals surface area contributed by atoms with Crippen LogP contribution in [-0.2, 0) is 9.47 Å². The van der Waals surface area contributed by atoms with Crippen LogP contribution in [-0.4, -0.2) is 32.8 Å².